The second kappa shape index (κ2) is 5.51. The van der Waals surface area contributed by atoms with E-state index in [9.17, 15) is 4.79 Å². The molecule has 0 radical (unpaired) electrons. The first-order valence-electron chi connectivity index (χ1n) is 5.09. The van der Waals surface area contributed by atoms with E-state index in [2.05, 4.69) is 45.0 Å². The molecule has 2 aromatic rings. The van der Waals surface area contributed by atoms with Gasteiger partial charge in [-0.2, -0.15) is 0 Å². The number of rotatable bonds is 3. The summed E-state index contributed by atoms with van der Waals surface area (Å²) in [5.74, 6) is 1.35. The second-order valence-electron chi connectivity index (χ2n) is 3.56. The van der Waals surface area contributed by atoms with Gasteiger partial charge in [0.2, 0.25) is 0 Å². The summed E-state index contributed by atoms with van der Waals surface area (Å²) in [5.41, 5.74) is 1.09. The van der Waals surface area contributed by atoms with Crippen LogP contribution in [0.4, 0.5) is 0 Å². The van der Waals surface area contributed by atoms with E-state index in [-0.39, 0.29) is 5.56 Å². The van der Waals surface area contributed by atoms with Gasteiger partial charge in [0.05, 0.1) is 5.75 Å². The Morgan fingerprint density at radius 3 is 2.88 bits per heavy atom. The van der Waals surface area contributed by atoms with E-state index in [1.165, 1.54) is 16.7 Å². The molecule has 0 aliphatic carbocycles. The second-order valence-corrected chi connectivity index (χ2v) is 5.43. The predicted molar refractivity (Wildman–Crippen MR) is 73.3 cm³/mol. The fourth-order valence-corrected chi connectivity index (χ4v) is 2.47. The summed E-state index contributed by atoms with van der Waals surface area (Å²) in [4.78, 5) is 19.5. The lowest BCUT2D eigenvalue weighted by Gasteiger charge is -2.04. The monoisotopic (exact) mass is 310 g/mol. The maximum Gasteiger partial charge on any atom is 0.265 e. The summed E-state index contributed by atoms with van der Waals surface area (Å²) in [5, 5.41) is 0. The minimum absolute atomic E-state index is 0.139. The average Bonchev–Trinajstić information content (AvgIpc) is 2.32. The first-order valence-corrected chi connectivity index (χ1v) is 6.87. The van der Waals surface area contributed by atoms with Crippen LogP contribution in [0, 0.1) is 6.92 Å². The van der Waals surface area contributed by atoms with Crippen molar-refractivity contribution in [2.75, 3.05) is 0 Å². The van der Waals surface area contributed by atoms with Crippen molar-refractivity contribution in [2.45, 2.75) is 17.6 Å². The number of thioether (sulfide) groups is 1. The van der Waals surface area contributed by atoms with Crippen LogP contribution in [0.25, 0.3) is 0 Å². The Balaban J connectivity index is 2.10. The van der Waals surface area contributed by atoms with Crippen LogP contribution in [0.3, 0.4) is 0 Å². The van der Waals surface area contributed by atoms with Crippen LogP contribution in [0.15, 0.2) is 44.6 Å². The molecule has 1 N–H and O–H groups in total. The molecule has 17 heavy (non-hydrogen) atoms. The molecule has 5 heteroatoms. The Bertz CT molecular complexity index is 583. The molecule has 88 valence electrons. The third-order valence-electron chi connectivity index (χ3n) is 2.27. The number of halogens is 1. The van der Waals surface area contributed by atoms with E-state index in [0.717, 1.165) is 0 Å². The van der Waals surface area contributed by atoms with Gasteiger partial charge in [0.15, 0.2) is 0 Å². The molecule has 0 unspecified atom stereocenters. The molecule has 0 atom stereocenters. The molecular formula is C12H11BrN2OS. The number of nitrogens with one attached hydrogen (secondary N) is 1. The lowest BCUT2D eigenvalue weighted by Crippen LogP contribution is -2.10. The molecule has 1 aromatic carbocycles. The summed E-state index contributed by atoms with van der Waals surface area (Å²) in [6, 6.07) is 8.16. The molecular weight excluding hydrogens is 300 g/mol. The zero-order valence-electron chi connectivity index (χ0n) is 9.24. The zero-order valence-corrected chi connectivity index (χ0v) is 11.6. The average molecular weight is 311 g/mol. The van der Waals surface area contributed by atoms with Crippen molar-refractivity contribution in [1.29, 1.82) is 0 Å². The molecule has 0 fully saturated rings. The van der Waals surface area contributed by atoms with Crippen LogP contribution in [0.2, 0.25) is 0 Å². The van der Waals surface area contributed by atoms with Crippen LogP contribution in [0.5, 0.6) is 0 Å². The van der Waals surface area contributed by atoms with Crippen molar-refractivity contribution in [3.8, 4) is 0 Å². The highest BCUT2D eigenvalue weighted by Gasteiger charge is 2.02. The van der Waals surface area contributed by atoms with Crippen molar-refractivity contribution < 1.29 is 0 Å². The van der Waals surface area contributed by atoms with Crippen molar-refractivity contribution >= 4 is 27.7 Å². The minimum Gasteiger partial charge on any atom is -0.309 e. The normalized spacial score (nSPS) is 10.5. The van der Waals surface area contributed by atoms with E-state index in [0.29, 0.717) is 16.0 Å². The molecule has 0 aliphatic heterocycles. The van der Waals surface area contributed by atoms with Crippen LogP contribution in [0.1, 0.15) is 11.4 Å². The first kappa shape index (κ1) is 12.4. The zero-order chi connectivity index (χ0) is 12.3. The number of hydrogen-bond acceptors (Lipinski definition) is 3. The summed E-state index contributed by atoms with van der Waals surface area (Å²) in [6.07, 6.45) is 1.53. The maximum absolute atomic E-state index is 11.4. The van der Waals surface area contributed by atoms with E-state index in [1.54, 1.807) is 11.8 Å². The fourth-order valence-electron chi connectivity index (χ4n) is 1.35. The number of nitrogens with zero attached hydrogens (tertiary/aromatic N) is 1. The number of benzene rings is 1. The van der Waals surface area contributed by atoms with Gasteiger partial charge in [0.25, 0.3) is 5.56 Å². The highest BCUT2D eigenvalue weighted by molar-refractivity contribution is 9.10. The van der Waals surface area contributed by atoms with Crippen LogP contribution in [-0.4, -0.2) is 9.97 Å². The molecule has 3 nitrogen and oxygen atoms in total. The first-order chi connectivity index (χ1) is 8.16. The maximum atomic E-state index is 11.4. The summed E-state index contributed by atoms with van der Waals surface area (Å²) in [7, 11) is 0. The highest BCUT2D eigenvalue weighted by atomic mass is 79.9. The quantitative estimate of drug-likeness (QED) is 0.886. The smallest absolute Gasteiger partial charge is 0.265 e. The van der Waals surface area contributed by atoms with E-state index < -0.39 is 0 Å². The fraction of sp³-hybridized carbons (Fsp3) is 0.167. The lowest BCUT2D eigenvalue weighted by atomic mass is 10.2. The largest absolute Gasteiger partial charge is 0.309 e. The van der Waals surface area contributed by atoms with Gasteiger partial charge in [-0.25, -0.2) is 4.98 Å². The van der Waals surface area contributed by atoms with E-state index in [1.807, 2.05) is 12.1 Å². The van der Waals surface area contributed by atoms with Crippen molar-refractivity contribution in [2.24, 2.45) is 0 Å². The number of H-pyrrole nitrogens is 1. The SMILES string of the molecule is Cc1ccccc1SCc1ncc(Br)c(=O)[nH]1. The molecule has 1 heterocycles. The lowest BCUT2D eigenvalue weighted by molar-refractivity contribution is 0.990. The molecule has 0 saturated carbocycles. The third kappa shape index (κ3) is 3.20. The Hall–Kier alpha value is -1.07. The standard InChI is InChI=1S/C12H11BrN2OS/c1-8-4-2-3-5-10(8)17-7-11-14-6-9(13)12(16)15-11/h2-6H,7H2,1H3,(H,14,15,16). The molecule has 0 aliphatic rings. The highest BCUT2D eigenvalue weighted by Crippen LogP contribution is 2.24. The Morgan fingerprint density at radius 1 is 1.41 bits per heavy atom. The predicted octanol–water partition coefficient (Wildman–Crippen LogP) is 3.13. The summed E-state index contributed by atoms with van der Waals surface area (Å²) in [6.45, 7) is 2.07. The van der Waals surface area contributed by atoms with Crippen molar-refractivity contribution in [3.63, 3.8) is 0 Å². The van der Waals surface area contributed by atoms with Crippen molar-refractivity contribution in [3.05, 3.63) is 56.7 Å². The molecule has 1 aromatic heterocycles. The van der Waals surface area contributed by atoms with Gasteiger partial charge >= 0.3 is 0 Å². The van der Waals surface area contributed by atoms with Gasteiger partial charge in [-0.05, 0) is 34.5 Å². The van der Waals surface area contributed by atoms with Gasteiger partial charge in [-0.3, -0.25) is 4.79 Å². The number of hydrogen-bond donors (Lipinski definition) is 1. The molecule has 0 amide bonds. The Labute approximate surface area is 112 Å². The van der Waals surface area contributed by atoms with Gasteiger partial charge < -0.3 is 4.98 Å². The van der Waals surface area contributed by atoms with Crippen LogP contribution in [-0.2, 0) is 5.75 Å². The van der Waals surface area contributed by atoms with Gasteiger partial charge in [-0.15, -0.1) is 11.8 Å². The minimum atomic E-state index is -0.139. The Kier molecular flexibility index (Phi) is 4.02. The third-order valence-corrected chi connectivity index (χ3v) is 4.02. The molecule has 0 saturated heterocycles. The van der Waals surface area contributed by atoms with Gasteiger partial charge in [0.1, 0.15) is 10.3 Å². The Morgan fingerprint density at radius 2 is 2.18 bits per heavy atom. The van der Waals surface area contributed by atoms with Gasteiger partial charge in [0, 0.05) is 11.1 Å². The number of aryl methyl sites for hydroxylation is 1. The van der Waals surface area contributed by atoms with Crippen molar-refractivity contribution in [1.82, 2.24) is 9.97 Å². The van der Waals surface area contributed by atoms with Gasteiger partial charge in [-0.1, -0.05) is 18.2 Å². The molecule has 0 spiro atoms. The van der Waals surface area contributed by atoms with E-state index in [4.69, 9.17) is 0 Å². The summed E-state index contributed by atoms with van der Waals surface area (Å²) >= 11 is 4.79. The number of aromatic nitrogens is 2. The molecule has 0 bridgehead atoms. The summed E-state index contributed by atoms with van der Waals surface area (Å²) < 4.78 is 0.460. The van der Waals surface area contributed by atoms with Crippen LogP contribution < -0.4 is 5.56 Å². The molecule has 2 rings (SSSR count). The topological polar surface area (TPSA) is 45.8 Å². The van der Waals surface area contributed by atoms with E-state index >= 15 is 0 Å². The van der Waals surface area contributed by atoms with Crippen LogP contribution >= 0.6 is 27.7 Å². The number of aromatic amines is 1.